The number of amides is 2. The number of ether oxygens (including phenoxy) is 4. The van der Waals surface area contributed by atoms with Gasteiger partial charge in [0.25, 0.3) is 6.43 Å². The van der Waals surface area contributed by atoms with Crippen molar-refractivity contribution in [1.29, 1.82) is 0 Å². The summed E-state index contributed by atoms with van der Waals surface area (Å²) in [4.78, 5) is 63.2. The molecule has 0 radical (unpaired) electrons. The first kappa shape index (κ1) is 42.8. The summed E-state index contributed by atoms with van der Waals surface area (Å²) in [5.41, 5.74) is -3.44. The quantitative estimate of drug-likeness (QED) is 0.210. The van der Waals surface area contributed by atoms with Gasteiger partial charge in [-0.25, -0.2) is 22.2 Å². The van der Waals surface area contributed by atoms with Crippen LogP contribution in [0, 0.1) is 29.1 Å². The van der Waals surface area contributed by atoms with Gasteiger partial charge in [-0.3, -0.25) is 23.9 Å². The number of fused-ring (bicyclic) bond motifs is 5. The van der Waals surface area contributed by atoms with Crippen LogP contribution in [0.4, 0.5) is 8.78 Å². The molecule has 3 fully saturated rings. The van der Waals surface area contributed by atoms with E-state index in [-0.39, 0.29) is 43.5 Å². The Balaban J connectivity index is 1.24. The van der Waals surface area contributed by atoms with Crippen LogP contribution in [0.15, 0.2) is 36.5 Å². The lowest BCUT2D eigenvalue weighted by Gasteiger charge is -2.34. The van der Waals surface area contributed by atoms with Gasteiger partial charge in [-0.2, -0.15) is 0 Å². The van der Waals surface area contributed by atoms with Crippen LogP contribution < -0.4 is 18.9 Å². The number of hydrogen-bond acceptors (Lipinski definition) is 11. The minimum atomic E-state index is -4.01. The Bertz CT molecular complexity index is 2120. The molecule has 7 rings (SSSR count). The number of allylic oxidation sites excluding steroid dienone is 2. The van der Waals surface area contributed by atoms with Crippen LogP contribution in [0.3, 0.4) is 0 Å². The van der Waals surface area contributed by atoms with Gasteiger partial charge in [-0.15, -0.1) is 0 Å². The fourth-order valence-electron chi connectivity index (χ4n) is 8.89. The van der Waals surface area contributed by atoms with Gasteiger partial charge in [-0.05, 0) is 95.2 Å². The summed E-state index contributed by atoms with van der Waals surface area (Å²) in [5.74, 6) is -2.99. The van der Waals surface area contributed by atoms with Crippen LogP contribution in [-0.2, 0) is 33.9 Å². The van der Waals surface area contributed by atoms with E-state index >= 15 is 4.79 Å². The summed E-state index contributed by atoms with van der Waals surface area (Å²) in [6.07, 6.45) is 4.38. The Kier molecular flexibility index (Phi) is 11.8. The minimum Gasteiger partial charge on any atom is -0.486 e. The first-order chi connectivity index (χ1) is 27.9. The van der Waals surface area contributed by atoms with Crippen LogP contribution in [0.5, 0.6) is 17.4 Å². The molecular weight excluding hydrogens is 789 g/mol. The van der Waals surface area contributed by atoms with E-state index < -0.39 is 86.2 Å². The molecule has 2 amide bonds. The average Bonchev–Trinajstić information content (AvgIpc) is 4.07. The number of hydrogen-bond donors (Lipinski definition) is 1. The van der Waals surface area contributed by atoms with Crippen molar-refractivity contribution in [2.75, 3.05) is 19.8 Å². The molecule has 2 saturated carbocycles. The van der Waals surface area contributed by atoms with E-state index in [1.54, 1.807) is 31.3 Å². The summed E-state index contributed by atoms with van der Waals surface area (Å²) in [7, 11) is -4.01. The number of Topliss-reactive ketones (excluding diaryl/α,β-unsaturated/α-hetero) is 1. The molecule has 3 aliphatic heterocycles. The van der Waals surface area contributed by atoms with Gasteiger partial charge in [0.15, 0.2) is 22.9 Å². The smallest absolute Gasteiger partial charge is 0.307 e. The van der Waals surface area contributed by atoms with Crippen LogP contribution in [0.1, 0.15) is 98.8 Å². The Hall–Kier alpha value is -4.34. The van der Waals surface area contributed by atoms with Crippen molar-refractivity contribution < 1.29 is 55.3 Å². The topological polar surface area (TPSA) is 168 Å². The first-order valence-corrected chi connectivity index (χ1v) is 22.3. The highest BCUT2D eigenvalue weighted by Gasteiger charge is 2.63. The van der Waals surface area contributed by atoms with Crippen LogP contribution >= 0.6 is 0 Å². The average molecular weight is 844 g/mol. The van der Waals surface area contributed by atoms with Gasteiger partial charge in [0, 0.05) is 29.8 Å². The van der Waals surface area contributed by atoms with Gasteiger partial charge < -0.3 is 23.8 Å². The van der Waals surface area contributed by atoms with E-state index in [0.29, 0.717) is 67.6 Å². The number of aromatic nitrogens is 1. The summed E-state index contributed by atoms with van der Waals surface area (Å²) < 4.78 is 78.9. The second kappa shape index (κ2) is 16.3. The molecule has 16 heteroatoms. The van der Waals surface area contributed by atoms with Crippen LogP contribution in [-0.4, -0.2) is 90.5 Å². The zero-order valence-electron chi connectivity index (χ0n) is 34.3. The van der Waals surface area contributed by atoms with Crippen LogP contribution in [0.2, 0.25) is 0 Å². The molecule has 4 heterocycles. The van der Waals surface area contributed by atoms with Crippen molar-refractivity contribution in [3.05, 3.63) is 36.5 Å². The molecular formula is C43H55F2N3O10S. The number of carbonyl (C=O) groups excluding carboxylic acids is 4. The molecule has 5 aliphatic rings. The van der Waals surface area contributed by atoms with Crippen molar-refractivity contribution in [3.8, 4) is 17.4 Å². The van der Waals surface area contributed by atoms with E-state index in [4.69, 9.17) is 18.9 Å². The number of carbonyl (C=O) groups is 4. The molecule has 7 atom stereocenters. The summed E-state index contributed by atoms with van der Waals surface area (Å²) in [5, 5.41) is 1.32. The number of nitrogens with zero attached hydrogens (tertiary/aromatic N) is 2. The lowest BCUT2D eigenvalue weighted by atomic mass is 9.79. The molecule has 1 aromatic heterocycles. The number of benzene rings is 1. The van der Waals surface area contributed by atoms with Crippen molar-refractivity contribution in [1.82, 2.24) is 14.6 Å². The number of halogens is 2. The third-order valence-corrected chi connectivity index (χ3v) is 15.3. The predicted molar refractivity (Wildman–Crippen MR) is 212 cm³/mol. The molecule has 0 unspecified atom stereocenters. The third-order valence-electron chi connectivity index (χ3n) is 13.1. The monoisotopic (exact) mass is 843 g/mol. The maximum atomic E-state index is 15.0. The molecule has 1 aromatic carbocycles. The number of nitrogens with one attached hydrogen (secondary N) is 1. The highest BCUT2D eigenvalue weighted by Crippen LogP contribution is 2.58. The number of esters is 1. The number of pyridine rings is 1. The van der Waals surface area contributed by atoms with E-state index in [2.05, 4.69) is 9.71 Å². The van der Waals surface area contributed by atoms with Gasteiger partial charge in [0.1, 0.15) is 19.3 Å². The lowest BCUT2D eigenvalue weighted by Crippen LogP contribution is -2.48. The van der Waals surface area contributed by atoms with Gasteiger partial charge in [0.2, 0.25) is 27.7 Å². The number of ketones is 1. The number of alkyl halides is 2. The molecule has 0 spiro atoms. The third kappa shape index (κ3) is 8.65. The molecule has 1 saturated heterocycles. The molecule has 2 aromatic rings. The van der Waals surface area contributed by atoms with E-state index in [1.165, 1.54) is 4.90 Å². The number of sulfonamides is 1. The minimum absolute atomic E-state index is 0.0184. The Morgan fingerprint density at radius 2 is 1.85 bits per heavy atom. The predicted octanol–water partition coefficient (Wildman–Crippen LogP) is 6.31. The molecule has 0 bridgehead atoms. The second-order valence-electron chi connectivity index (χ2n) is 18.0. The zero-order chi connectivity index (χ0) is 42.5. The van der Waals surface area contributed by atoms with Crippen molar-refractivity contribution in [2.24, 2.45) is 29.1 Å². The summed E-state index contributed by atoms with van der Waals surface area (Å²) in [6, 6.07) is 4.22. The second-order valence-corrected chi connectivity index (χ2v) is 20.2. The zero-order valence-corrected chi connectivity index (χ0v) is 35.2. The molecule has 2 aliphatic carbocycles. The fraction of sp³-hybridized carbons (Fsp3) is 0.651. The Morgan fingerprint density at radius 3 is 2.56 bits per heavy atom. The maximum absolute atomic E-state index is 15.0. The fourth-order valence-corrected chi connectivity index (χ4v) is 10.2. The van der Waals surface area contributed by atoms with Gasteiger partial charge in [0.05, 0.1) is 35.1 Å². The summed E-state index contributed by atoms with van der Waals surface area (Å²) >= 11 is 0. The van der Waals surface area contributed by atoms with E-state index in [9.17, 15) is 31.6 Å². The highest BCUT2D eigenvalue weighted by molar-refractivity contribution is 7.91. The van der Waals surface area contributed by atoms with Gasteiger partial charge >= 0.3 is 5.97 Å². The largest absolute Gasteiger partial charge is 0.486 e. The van der Waals surface area contributed by atoms with Crippen molar-refractivity contribution in [2.45, 2.75) is 128 Å². The first-order valence-electron chi connectivity index (χ1n) is 20.8. The molecule has 59 heavy (non-hydrogen) atoms. The normalized spacial score (nSPS) is 30.1. The SMILES string of the molecule is CC[C@@H]1C[C@H](C)CC/C=C\[C@@H]2C[C@@]2(C(=O)NS(=O)(=O)C2(C)CC2)CC(=O)[C@@H]2C[C@@H](Oc3nccc4c5c(ccc34)OCCO5)CN2C(=O)[C@H]1CC(=O)OC(C)(C)C(F)F. The van der Waals surface area contributed by atoms with Crippen molar-refractivity contribution in [3.63, 3.8) is 0 Å². The summed E-state index contributed by atoms with van der Waals surface area (Å²) in [6.45, 7) is 8.45. The number of rotatable bonds is 10. The van der Waals surface area contributed by atoms with Crippen molar-refractivity contribution >= 4 is 44.4 Å². The van der Waals surface area contributed by atoms with Gasteiger partial charge in [-0.1, -0.05) is 32.4 Å². The Morgan fingerprint density at radius 1 is 1.10 bits per heavy atom. The molecule has 13 nitrogen and oxygen atoms in total. The molecule has 322 valence electrons. The standard InChI is InChI=1S/C43H55F2N3O10S/c1-6-26-19-25(2)9-7-8-10-27-22-43(27,40(52)47-59(53,54)42(5)14-15-42)23-33(49)32-20-28(24-48(32)38(51)31(26)21-35(50)58-41(3,4)39(44)45)57-37-30-11-12-34-36(56-18-17-55-34)29(30)13-16-46-37/h8,10-13,16,25-28,31-32,39H,6-7,9,14-15,17-24H2,1-5H3,(H,47,52)/b10-8-/t25-,26-,27-,28-,31+,32+,43-/m1/s1. The lowest BCUT2D eigenvalue weighted by molar-refractivity contribution is -0.174. The molecule has 1 N–H and O–H groups in total. The van der Waals surface area contributed by atoms with E-state index in [0.717, 1.165) is 20.3 Å². The highest BCUT2D eigenvalue weighted by atomic mass is 32.2. The van der Waals surface area contributed by atoms with Crippen LogP contribution in [0.25, 0.3) is 10.8 Å². The Labute approximate surface area is 344 Å². The maximum Gasteiger partial charge on any atom is 0.307 e. The van der Waals surface area contributed by atoms with E-state index in [1.807, 2.05) is 26.0 Å².